The molecule has 1 aromatic carbocycles. The molecular formula is C21H27N5O2S2. The standard InChI is InChI=1S/C21H27N5O2S2/c1-4-25(5-2)17(15-8-6-9-16(12-15)28-3)13-22-19(27)14-26-20(23-24-21(26)29)18-10-7-11-30-18/h6-12,17H,4-5,13-14H2,1-3H3,(H,22,27)(H,24,29). The highest BCUT2D eigenvalue weighted by Gasteiger charge is 2.20. The predicted molar refractivity (Wildman–Crippen MR) is 122 cm³/mol. The van der Waals surface area contributed by atoms with Gasteiger partial charge in [-0.2, -0.15) is 5.10 Å². The number of nitrogens with zero attached hydrogens (tertiary/aromatic N) is 3. The molecule has 0 aliphatic carbocycles. The second-order valence-electron chi connectivity index (χ2n) is 6.73. The van der Waals surface area contributed by atoms with E-state index in [2.05, 4.69) is 40.3 Å². The van der Waals surface area contributed by atoms with E-state index in [1.807, 2.05) is 35.7 Å². The molecule has 0 aliphatic rings. The molecule has 7 nitrogen and oxygen atoms in total. The zero-order chi connectivity index (χ0) is 21.5. The Morgan fingerprint density at radius 1 is 1.33 bits per heavy atom. The number of H-pyrrole nitrogens is 1. The number of methoxy groups -OCH3 is 1. The van der Waals surface area contributed by atoms with Gasteiger partial charge in [0.15, 0.2) is 10.6 Å². The topological polar surface area (TPSA) is 75.2 Å². The van der Waals surface area contributed by atoms with Gasteiger partial charge >= 0.3 is 0 Å². The predicted octanol–water partition coefficient (Wildman–Crippen LogP) is 3.88. The SMILES string of the molecule is CCN(CC)C(CNC(=O)Cn1c(-c2cccs2)n[nH]c1=S)c1cccc(OC)c1. The Morgan fingerprint density at radius 2 is 2.13 bits per heavy atom. The first-order valence-corrected chi connectivity index (χ1v) is 11.2. The largest absolute Gasteiger partial charge is 0.497 e. The number of carbonyl (C=O) groups excluding carboxylic acids is 1. The number of hydrogen-bond acceptors (Lipinski definition) is 6. The molecule has 2 N–H and O–H groups in total. The maximum Gasteiger partial charge on any atom is 0.240 e. The van der Waals surface area contributed by atoms with Gasteiger partial charge in [0.1, 0.15) is 12.3 Å². The normalized spacial score (nSPS) is 12.1. The van der Waals surface area contributed by atoms with Crippen molar-refractivity contribution in [1.29, 1.82) is 0 Å². The number of amides is 1. The second kappa shape index (κ2) is 10.5. The molecule has 1 unspecified atom stereocenters. The molecule has 3 aromatic rings. The van der Waals surface area contributed by atoms with Gasteiger partial charge in [0.25, 0.3) is 0 Å². The van der Waals surface area contributed by atoms with Crippen LogP contribution >= 0.6 is 23.6 Å². The van der Waals surface area contributed by atoms with Crippen molar-refractivity contribution in [2.24, 2.45) is 0 Å². The summed E-state index contributed by atoms with van der Waals surface area (Å²) in [6.07, 6.45) is 0. The Kier molecular flexibility index (Phi) is 7.78. The van der Waals surface area contributed by atoms with Crippen molar-refractivity contribution in [3.8, 4) is 16.5 Å². The van der Waals surface area contributed by atoms with Gasteiger partial charge in [-0.1, -0.05) is 32.0 Å². The summed E-state index contributed by atoms with van der Waals surface area (Å²) in [7, 11) is 1.66. The van der Waals surface area contributed by atoms with Gasteiger partial charge in [-0.05, 0) is 54.5 Å². The number of aromatic amines is 1. The third-order valence-corrected chi connectivity index (χ3v) is 6.20. The number of nitrogens with one attached hydrogen (secondary N) is 2. The fourth-order valence-corrected chi connectivity index (χ4v) is 4.36. The van der Waals surface area contributed by atoms with Gasteiger partial charge in [-0.15, -0.1) is 11.3 Å². The molecule has 0 aliphatic heterocycles. The molecule has 0 saturated heterocycles. The highest BCUT2D eigenvalue weighted by molar-refractivity contribution is 7.71. The summed E-state index contributed by atoms with van der Waals surface area (Å²) in [5.41, 5.74) is 1.11. The van der Waals surface area contributed by atoms with Crippen LogP contribution in [0.3, 0.4) is 0 Å². The van der Waals surface area contributed by atoms with Crippen LogP contribution in [0.2, 0.25) is 0 Å². The molecule has 0 spiro atoms. The zero-order valence-corrected chi connectivity index (χ0v) is 19.1. The second-order valence-corrected chi connectivity index (χ2v) is 8.07. The van der Waals surface area contributed by atoms with Crippen LogP contribution in [-0.4, -0.2) is 52.3 Å². The number of hydrogen-bond donors (Lipinski definition) is 2. The summed E-state index contributed by atoms with van der Waals surface area (Å²) < 4.78 is 7.54. The van der Waals surface area contributed by atoms with E-state index in [1.165, 1.54) is 0 Å². The van der Waals surface area contributed by atoms with Gasteiger partial charge < -0.3 is 10.1 Å². The van der Waals surface area contributed by atoms with Crippen molar-refractivity contribution in [3.63, 3.8) is 0 Å². The lowest BCUT2D eigenvalue weighted by molar-refractivity contribution is -0.121. The molecule has 0 fully saturated rings. The van der Waals surface area contributed by atoms with Crippen molar-refractivity contribution in [1.82, 2.24) is 25.0 Å². The Balaban J connectivity index is 1.74. The lowest BCUT2D eigenvalue weighted by Crippen LogP contribution is -2.39. The number of rotatable bonds is 10. The molecule has 2 aromatic heterocycles. The van der Waals surface area contributed by atoms with Crippen molar-refractivity contribution in [2.75, 3.05) is 26.7 Å². The van der Waals surface area contributed by atoms with E-state index in [0.29, 0.717) is 17.1 Å². The zero-order valence-electron chi connectivity index (χ0n) is 17.4. The Bertz CT molecular complexity index is 1010. The summed E-state index contributed by atoms with van der Waals surface area (Å²) in [6.45, 7) is 6.61. The van der Waals surface area contributed by atoms with E-state index in [-0.39, 0.29) is 18.5 Å². The van der Waals surface area contributed by atoms with E-state index in [1.54, 1.807) is 23.0 Å². The summed E-state index contributed by atoms with van der Waals surface area (Å²) in [5.74, 6) is 1.38. The van der Waals surface area contributed by atoms with Gasteiger partial charge in [0.05, 0.1) is 18.0 Å². The molecule has 1 amide bonds. The molecule has 0 saturated carbocycles. The quantitative estimate of drug-likeness (QED) is 0.463. The maximum absolute atomic E-state index is 12.8. The highest BCUT2D eigenvalue weighted by atomic mass is 32.1. The molecule has 30 heavy (non-hydrogen) atoms. The molecule has 1 atom stereocenters. The average molecular weight is 446 g/mol. The average Bonchev–Trinajstić information content (AvgIpc) is 3.41. The minimum atomic E-state index is -0.106. The highest BCUT2D eigenvalue weighted by Crippen LogP contribution is 2.24. The first-order valence-electron chi connectivity index (χ1n) is 9.91. The first kappa shape index (κ1) is 22.2. The van der Waals surface area contributed by atoms with E-state index in [9.17, 15) is 4.79 Å². The fourth-order valence-electron chi connectivity index (χ4n) is 3.44. The molecule has 160 valence electrons. The van der Waals surface area contributed by atoms with E-state index in [4.69, 9.17) is 17.0 Å². The number of aromatic nitrogens is 3. The smallest absolute Gasteiger partial charge is 0.240 e. The Labute approximate surface area is 185 Å². The molecule has 3 rings (SSSR count). The van der Waals surface area contributed by atoms with Gasteiger partial charge in [-0.25, -0.2) is 0 Å². The lowest BCUT2D eigenvalue weighted by atomic mass is 10.0. The molecule has 2 heterocycles. The third kappa shape index (κ3) is 5.16. The van der Waals surface area contributed by atoms with Crippen LogP contribution in [0.15, 0.2) is 41.8 Å². The number of carbonyl (C=O) groups is 1. The maximum atomic E-state index is 12.8. The lowest BCUT2D eigenvalue weighted by Gasteiger charge is -2.30. The molecular weight excluding hydrogens is 418 g/mol. The Morgan fingerprint density at radius 3 is 2.80 bits per heavy atom. The molecule has 9 heteroatoms. The van der Waals surface area contributed by atoms with Crippen LogP contribution in [0, 0.1) is 4.77 Å². The van der Waals surface area contributed by atoms with Crippen molar-refractivity contribution >= 4 is 29.5 Å². The van der Waals surface area contributed by atoms with Crippen LogP contribution in [0.5, 0.6) is 5.75 Å². The van der Waals surface area contributed by atoms with E-state index < -0.39 is 0 Å². The van der Waals surface area contributed by atoms with Crippen LogP contribution in [0.25, 0.3) is 10.7 Å². The number of benzene rings is 1. The van der Waals surface area contributed by atoms with Crippen LogP contribution in [0.4, 0.5) is 0 Å². The summed E-state index contributed by atoms with van der Waals surface area (Å²) in [4.78, 5) is 16.1. The van der Waals surface area contributed by atoms with E-state index in [0.717, 1.165) is 29.3 Å². The van der Waals surface area contributed by atoms with Gasteiger partial charge in [0, 0.05) is 6.54 Å². The number of likely N-dealkylation sites (N-methyl/N-ethyl adjacent to an activating group) is 1. The monoisotopic (exact) mass is 445 g/mol. The third-order valence-electron chi connectivity index (χ3n) is 5.03. The Hall–Kier alpha value is -2.49. The van der Waals surface area contributed by atoms with Crippen molar-refractivity contribution < 1.29 is 9.53 Å². The summed E-state index contributed by atoms with van der Waals surface area (Å²) >= 11 is 6.89. The molecule has 0 bridgehead atoms. The number of ether oxygens (including phenoxy) is 1. The minimum absolute atomic E-state index is 0.0492. The van der Waals surface area contributed by atoms with Crippen LogP contribution < -0.4 is 10.1 Å². The van der Waals surface area contributed by atoms with Crippen LogP contribution in [0.1, 0.15) is 25.5 Å². The first-order chi connectivity index (χ1) is 14.6. The number of thiophene rings is 1. The summed E-state index contributed by atoms with van der Waals surface area (Å²) in [5, 5.41) is 12.1. The van der Waals surface area contributed by atoms with Crippen LogP contribution in [-0.2, 0) is 11.3 Å². The van der Waals surface area contributed by atoms with Gasteiger partial charge in [0.2, 0.25) is 5.91 Å². The van der Waals surface area contributed by atoms with Gasteiger partial charge in [-0.3, -0.25) is 19.4 Å². The minimum Gasteiger partial charge on any atom is -0.497 e. The fraction of sp³-hybridized carbons (Fsp3) is 0.381. The summed E-state index contributed by atoms with van der Waals surface area (Å²) in [6, 6.07) is 12.0. The van der Waals surface area contributed by atoms with Crippen molar-refractivity contribution in [3.05, 3.63) is 52.1 Å². The van der Waals surface area contributed by atoms with Crippen molar-refractivity contribution in [2.45, 2.75) is 26.4 Å². The molecule has 0 radical (unpaired) electrons. The van der Waals surface area contributed by atoms with E-state index >= 15 is 0 Å².